The SMILES string of the molecule is Cc1ccc(-c2noc(CN(C(=O)c3ccc(C)c([N+](=O)[O-])c3)C(C)C)n2)cc1. The molecule has 8 heteroatoms. The molecular formula is C21H22N4O4. The van der Waals surface area contributed by atoms with E-state index in [1.807, 2.05) is 45.0 Å². The fraction of sp³-hybridized carbons (Fsp3) is 0.286. The van der Waals surface area contributed by atoms with Crippen molar-refractivity contribution in [3.05, 3.63) is 75.2 Å². The summed E-state index contributed by atoms with van der Waals surface area (Å²) < 4.78 is 5.33. The summed E-state index contributed by atoms with van der Waals surface area (Å²) >= 11 is 0. The van der Waals surface area contributed by atoms with E-state index in [0.29, 0.717) is 17.3 Å². The quantitative estimate of drug-likeness (QED) is 0.456. The number of nitrogens with zero attached hydrogens (tertiary/aromatic N) is 4. The van der Waals surface area contributed by atoms with Crippen molar-refractivity contribution in [2.24, 2.45) is 0 Å². The minimum absolute atomic E-state index is 0.0843. The molecule has 3 rings (SSSR count). The average Bonchev–Trinajstić information content (AvgIpc) is 3.15. The number of amides is 1. The number of hydrogen-bond donors (Lipinski definition) is 0. The molecule has 1 amide bonds. The fourth-order valence-electron chi connectivity index (χ4n) is 2.88. The predicted octanol–water partition coefficient (Wildman–Crippen LogP) is 4.31. The highest BCUT2D eigenvalue weighted by Gasteiger charge is 2.24. The van der Waals surface area contributed by atoms with Crippen molar-refractivity contribution in [2.75, 3.05) is 0 Å². The van der Waals surface area contributed by atoms with Crippen LogP contribution >= 0.6 is 0 Å². The zero-order valence-electron chi connectivity index (χ0n) is 16.7. The minimum atomic E-state index is -0.488. The number of aromatic nitrogens is 2. The Hall–Kier alpha value is -3.55. The lowest BCUT2D eigenvalue weighted by atomic mass is 10.1. The maximum atomic E-state index is 13.0. The van der Waals surface area contributed by atoms with Crippen LogP contribution in [-0.4, -0.2) is 31.9 Å². The Bertz CT molecular complexity index is 1040. The van der Waals surface area contributed by atoms with Crippen molar-refractivity contribution in [3.63, 3.8) is 0 Å². The molecule has 8 nitrogen and oxygen atoms in total. The molecule has 29 heavy (non-hydrogen) atoms. The van der Waals surface area contributed by atoms with Gasteiger partial charge in [-0.15, -0.1) is 0 Å². The van der Waals surface area contributed by atoms with Gasteiger partial charge in [-0.05, 0) is 33.8 Å². The Morgan fingerprint density at radius 3 is 2.48 bits per heavy atom. The normalized spacial score (nSPS) is 10.9. The molecule has 0 aliphatic carbocycles. The highest BCUT2D eigenvalue weighted by atomic mass is 16.6. The van der Waals surface area contributed by atoms with E-state index < -0.39 is 4.92 Å². The van der Waals surface area contributed by atoms with Gasteiger partial charge >= 0.3 is 0 Å². The number of carbonyl (C=O) groups is 1. The molecule has 0 aliphatic rings. The van der Waals surface area contributed by atoms with Crippen LogP contribution in [0.15, 0.2) is 47.0 Å². The zero-order valence-corrected chi connectivity index (χ0v) is 16.7. The Balaban J connectivity index is 1.84. The standard InChI is InChI=1S/C21H22N4O4/c1-13(2)24(21(26)17-10-7-15(4)18(11-17)25(27)28)12-19-22-20(23-29-19)16-8-5-14(3)6-9-16/h5-11,13H,12H2,1-4H3. The lowest BCUT2D eigenvalue weighted by molar-refractivity contribution is -0.385. The number of carbonyl (C=O) groups excluding carboxylic acids is 1. The van der Waals surface area contributed by atoms with Crippen molar-refractivity contribution in [3.8, 4) is 11.4 Å². The first kappa shape index (κ1) is 20.2. The van der Waals surface area contributed by atoms with Crippen LogP contribution in [0.4, 0.5) is 5.69 Å². The lowest BCUT2D eigenvalue weighted by Crippen LogP contribution is -2.36. The number of rotatable bonds is 6. The van der Waals surface area contributed by atoms with Crippen molar-refractivity contribution < 1.29 is 14.2 Å². The molecule has 0 radical (unpaired) electrons. The van der Waals surface area contributed by atoms with E-state index in [1.54, 1.807) is 24.0 Å². The first-order valence-corrected chi connectivity index (χ1v) is 9.22. The highest BCUT2D eigenvalue weighted by Crippen LogP contribution is 2.22. The van der Waals surface area contributed by atoms with Crippen LogP contribution in [0.5, 0.6) is 0 Å². The Labute approximate surface area is 168 Å². The predicted molar refractivity (Wildman–Crippen MR) is 107 cm³/mol. The molecule has 3 aromatic rings. The van der Waals surface area contributed by atoms with Crippen molar-refractivity contribution in [2.45, 2.75) is 40.3 Å². The van der Waals surface area contributed by atoms with E-state index in [0.717, 1.165) is 11.1 Å². The Morgan fingerprint density at radius 1 is 1.17 bits per heavy atom. The van der Waals surface area contributed by atoms with Crippen LogP contribution in [0.25, 0.3) is 11.4 Å². The molecule has 1 aromatic heterocycles. The van der Waals surface area contributed by atoms with Gasteiger partial charge in [0, 0.05) is 28.8 Å². The van der Waals surface area contributed by atoms with Gasteiger partial charge in [-0.1, -0.05) is 41.1 Å². The van der Waals surface area contributed by atoms with Gasteiger partial charge in [0.15, 0.2) is 0 Å². The van der Waals surface area contributed by atoms with Gasteiger partial charge in [-0.3, -0.25) is 14.9 Å². The molecule has 0 atom stereocenters. The third kappa shape index (κ3) is 4.48. The third-order valence-electron chi connectivity index (χ3n) is 4.62. The topological polar surface area (TPSA) is 102 Å². The van der Waals surface area contributed by atoms with Crippen LogP contribution in [0.1, 0.15) is 41.2 Å². The monoisotopic (exact) mass is 394 g/mol. The number of nitro benzene ring substituents is 1. The summed E-state index contributed by atoms with van der Waals surface area (Å²) in [7, 11) is 0. The molecule has 0 bridgehead atoms. The van der Waals surface area contributed by atoms with E-state index in [4.69, 9.17) is 4.52 Å². The summed E-state index contributed by atoms with van der Waals surface area (Å²) in [6, 6.07) is 12.0. The van der Waals surface area contributed by atoms with Gasteiger partial charge in [0.05, 0.1) is 4.92 Å². The molecule has 1 heterocycles. The van der Waals surface area contributed by atoms with E-state index in [1.165, 1.54) is 6.07 Å². The number of nitro groups is 1. The smallest absolute Gasteiger partial charge is 0.273 e. The molecule has 2 aromatic carbocycles. The maximum Gasteiger partial charge on any atom is 0.273 e. The van der Waals surface area contributed by atoms with Gasteiger partial charge in [-0.2, -0.15) is 4.98 Å². The van der Waals surface area contributed by atoms with Gasteiger partial charge in [0.25, 0.3) is 11.6 Å². The molecule has 0 spiro atoms. The number of hydrogen-bond acceptors (Lipinski definition) is 6. The molecule has 0 saturated heterocycles. The highest BCUT2D eigenvalue weighted by molar-refractivity contribution is 5.95. The minimum Gasteiger partial charge on any atom is -0.337 e. The van der Waals surface area contributed by atoms with E-state index in [9.17, 15) is 14.9 Å². The van der Waals surface area contributed by atoms with Crippen molar-refractivity contribution in [1.82, 2.24) is 15.0 Å². The first-order chi connectivity index (χ1) is 13.8. The van der Waals surface area contributed by atoms with Crippen LogP contribution < -0.4 is 0 Å². The second-order valence-electron chi connectivity index (χ2n) is 7.16. The van der Waals surface area contributed by atoms with Crippen molar-refractivity contribution in [1.29, 1.82) is 0 Å². The van der Waals surface area contributed by atoms with Crippen LogP contribution in [0, 0.1) is 24.0 Å². The molecular weight excluding hydrogens is 372 g/mol. The second-order valence-corrected chi connectivity index (χ2v) is 7.16. The van der Waals surface area contributed by atoms with E-state index in [-0.39, 0.29) is 29.7 Å². The summed E-state index contributed by atoms with van der Waals surface area (Å²) in [6.07, 6.45) is 0. The van der Waals surface area contributed by atoms with Gasteiger partial charge in [0.2, 0.25) is 11.7 Å². The third-order valence-corrected chi connectivity index (χ3v) is 4.62. The average molecular weight is 394 g/mol. The molecule has 0 fully saturated rings. The molecule has 0 N–H and O–H groups in total. The van der Waals surface area contributed by atoms with E-state index >= 15 is 0 Å². The molecule has 0 unspecified atom stereocenters. The summed E-state index contributed by atoms with van der Waals surface area (Å²) in [5.74, 6) is 0.407. The molecule has 150 valence electrons. The maximum absolute atomic E-state index is 13.0. The van der Waals surface area contributed by atoms with Gasteiger partial charge < -0.3 is 9.42 Å². The molecule has 0 saturated carbocycles. The molecule has 0 aliphatic heterocycles. The van der Waals surface area contributed by atoms with Crippen molar-refractivity contribution >= 4 is 11.6 Å². The van der Waals surface area contributed by atoms with Crippen LogP contribution in [0.2, 0.25) is 0 Å². The van der Waals surface area contributed by atoms with Crippen LogP contribution in [-0.2, 0) is 6.54 Å². The first-order valence-electron chi connectivity index (χ1n) is 9.22. The number of aryl methyl sites for hydroxylation is 2. The zero-order chi connectivity index (χ0) is 21.1. The second kappa shape index (κ2) is 8.22. The van der Waals surface area contributed by atoms with Gasteiger partial charge in [0.1, 0.15) is 6.54 Å². The van der Waals surface area contributed by atoms with Crippen LogP contribution in [0.3, 0.4) is 0 Å². The van der Waals surface area contributed by atoms with Gasteiger partial charge in [-0.25, -0.2) is 0 Å². The lowest BCUT2D eigenvalue weighted by Gasteiger charge is -2.25. The fourth-order valence-corrected chi connectivity index (χ4v) is 2.88. The Kier molecular flexibility index (Phi) is 5.72. The van der Waals surface area contributed by atoms with E-state index in [2.05, 4.69) is 10.1 Å². The summed E-state index contributed by atoms with van der Waals surface area (Å²) in [5.41, 5.74) is 2.61. The Morgan fingerprint density at radius 2 is 1.86 bits per heavy atom. The summed E-state index contributed by atoms with van der Waals surface area (Å²) in [4.78, 5) is 29.6. The summed E-state index contributed by atoms with van der Waals surface area (Å²) in [6.45, 7) is 7.46. The summed E-state index contributed by atoms with van der Waals surface area (Å²) in [5, 5.41) is 15.2. The largest absolute Gasteiger partial charge is 0.337 e. The number of benzene rings is 2.